The molecule has 0 spiro atoms. The molecule has 0 atom stereocenters. The highest BCUT2D eigenvalue weighted by molar-refractivity contribution is 5.94. The number of carbonyl (C=O) groups excluding carboxylic acids is 2. The molecule has 5 rings (SSSR count). The molecule has 168 valence electrons. The second-order valence-corrected chi connectivity index (χ2v) is 8.20. The van der Waals surface area contributed by atoms with Gasteiger partial charge in [0.25, 0.3) is 5.91 Å². The lowest BCUT2D eigenvalue weighted by atomic mass is 9.96. The first-order valence-corrected chi connectivity index (χ1v) is 10.6. The maximum absolute atomic E-state index is 12.4. The van der Waals surface area contributed by atoms with E-state index in [1.54, 1.807) is 0 Å². The third-order valence-corrected chi connectivity index (χ3v) is 6.01. The van der Waals surface area contributed by atoms with Gasteiger partial charge in [-0.2, -0.15) is 0 Å². The van der Waals surface area contributed by atoms with Gasteiger partial charge in [-0.3, -0.25) is 14.9 Å². The van der Waals surface area contributed by atoms with E-state index in [2.05, 4.69) is 22.6 Å². The summed E-state index contributed by atoms with van der Waals surface area (Å²) in [6.45, 7) is 0.860. The fourth-order valence-corrected chi connectivity index (χ4v) is 4.44. The Hall–Kier alpha value is -4.14. The fourth-order valence-electron chi connectivity index (χ4n) is 4.44. The number of fused-ring (bicyclic) bond motifs is 3. The van der Waals surface area contributed by atoms with E-state index in [0.717, 1.165) is 22.3 Å². The molecule has 33 heavy (non-hydrogen) atoms. The molecule has 2 aliphatic rings. The van der Waals surface area contributed by atoms with Gasteiger partial charge in [0.05, 0.1) is 6.42 Å². The highest BCUT2D eigenvalue weighted by Gasteiger charge is 2.34. The van der Waals surface area contributed by atoms with E-state index in [4.69, 9.17) is 14.4 Å². The van der Waals surface area contributed by atoms with Crippen molar-refractivity contribution < 1.29 is 28.8 Å². The first kappa shape index (κ1) is 20.7. The number of hydrogen-bond donors (Lipinski definition) is 2. The second-order valence-electron chi connectivity index (χ2n) is 8.20. The number of ether oxygens (including phenoxy) is 1. The topological polar surface area (TPSA) is 122 Å². The number of hydrogen-bond acceptors (Lipinski definition) is 6. The predicted molar refractivity (Wildman–Crippen MR) is 117 cm³/mol. The van der Waals surface area contributed by atoms with Crippen LogP contribution in [0.5, 0.6) is 0 Å². The molecule has 1 aromatic heterocycles. The molecule has 3 aromatic rings. The SMILES string of the molecule is O=C(O)CC1CN(C(=O)c2cc(NC(=O)OCC3c4ccccc4-c4ccccc43)on2)C1. The van der Waals surface area contributed by atoms with Crippen LogP contribution >= 0.6 is 0 Å². The summed E-state index contributed by atoms with van der Waals surface area (Å²) >= 11 is 0. The third-order valence-electron chi connectivity index (χ3n) is 6.01. The minimum atomic E-state index is -0.886. The molecule has 1 aliphatic carbocycles. The highest BCUT2D eigenvalue weighted by Crippen LogP contribution is 2.44. The van der Waals surface area contributed by atoms with E-state index in [1.807, 2.05) is 36.4 Å². The zero-order valence-corrected chi connectivity index (χ0v) is 17.6. The number of likely N-dealkylation sites (tertiary alicyclic amines) is 1. The molecule has 2 N–H and O–H groups in total. The van der Waals surface area contributed by atoms with E-state index < -0.39 is 12.1 Å². The summed E-state index contributed by atoms with van der Waals surface area (Å²) in [5.41, 5.74) is 4.52. The van der Waals surface area contributed by atoms with Crippen LogP contribution in [0, 0.1) is 5.92 Å². The Kier molecular flexibility index (Phi) is 5.29. The van der Waals surface area contributed by atoms with E-state index >= 15 is 0 Å². The number of rotatable bonds is 6. The number of benzene rings is 2. The van der Waals surface area contributed by atoms with Gasteiger partial charge in [-0.15, -0.1) is 0 Å². The normalized spacial score (nSPS) is 14.8. The van der Waals surface area contributed by atoms with Crippen molar-refractivity contribution in [2.45, 2.75) is 12.3 Å². The summed E-state index contributed by atoms with van der Waals surface area (Å²) in [7, 11) is 0. The summed E-state index contributed by atoms with van der Waals surface area (Å²) in [4.78, 5) is 37.0. The Morgan fingerprint density at radius 3 is 2.33 bits per heavy atom. The standard InChI is InChI=1S/C24H21N3O6/c28-22(29)9-14-11-27(12-14)23(30)20-10-21(33-26-20)25-24(31)32-13-19-17-7-3-1-5-15(17)16-6-2-4-8-18(16)19/h1-8,10,14,19H,9,11-13H2,(H,25,31)(H,28,29). The van der Waals surface area contributed by atoms with Gasteiger partial charge < -0.3 is 19.3 Å². The van der Waals surface area contributed by atoms with Crippen molar-refractivity contribution >= 4 is 23.9 Å². The molecule has 0 saturated carbocycles. The lowest BCUT2D eigenvalue weighted by Gasteiger charge is -2.37. The predicted octanol–water partition coefficient (Wildman–Crippen LogP) is 3.58. The van der Waals surface area contributed by atoms with Crippen LogP contribution in [0.2, 0.25) is 0 Å². The van der Waals surface area contributed by atoms with Gasteiger partial charge in [0, 0.05) is 31.0 Å². The van der Waals surface area contributed by atoms with Crippen LogP contribution in [0.15, 0.2) is 59.1 Å². The Balaban J connectivity index is 1.17. The molecule has 0 radical (unpaired) electrons. The average Bonchev–Trinajstić information content (AvgIpc) is 3.37. The van der Waals surface area contributed by atoms with Gasteiger partial charge in [0.15, 0.2) is 5.69 Å². The summed E-state index contributed by atoms with van der Waals surface area (Å²) in [6, 6.07) is 17.4. The number of carboxylic acid groups (broad SMARTS) is 1. The number of carboxylic acids is 1. The summed E-state index contributed by atoms with van der Waals surface area (Å²) < 4.78 is 10.5. The highest BCUT2D eigenvalue weighted by atomic mass is 16.6. The number of amides is 2. The number of aromatic nitrogens is 1. The fraction of sp³-hybridized carbons (Fsp3) is 0.250. The molecule has 2 aromatic carbocycles. The Bertz CT molecular complexity index is 1180. The van der Waals surface area contributed by atoms with Crippen molar-refractivity contribution in [3.05, 3.63) is 71.4 Å². The molecular formula is C24H21N3O6. The van der Waals surface area contributed by atoms with Crippen molar-refractivity contribution in [3.63, 3.8) is 0 Å². The number of carbonyl (C=O) groups is 3. The maximum Gasteiger partial charge on any atom is 0.414 e. The van der Waals surface area contributed by atoms with E-state index in [1.165, 1.54) is 11.0 Å². The smallest absolute Gasteiger partial charge is 0.414 e. The van der Waals surface area contributed by atoms with Gasteiger partial charge in [-0.05, 0) is 22.3 Å². The molecule has 0 bridgehead atoms. The lowest BCUT2D eigenvalue weighted by molar-refractivity contribution is -0.139. The zero-order valence-electron chi connectivity index (χ0n) is 17.6. The van der Waals surface area contributed by atoms with Crippen LogP contribution in [0.25, 0.3) is 11.1 Å². The van der Waals surface area contributed by atoms with Gasteiger partial charge in [-0.25, -0.2) is 4.79 Å². The Labute approximate surface area is 188 Å². The molecule has 0 unspecified atom stereocenters. The average molecular weight is 447 g/mol. The van der Waals surface area contributed by atoms with Gasteiger partial charge >= 0.3 is 12.1 Å². The van der Waals surface area contributed by atoms with Crippen LogP contribution in [0.4, 0.5) is 10.7 Å². The number of aliphatic carboxylic acids is 1. The third kappa shape index (κ3) is 4.05. The van der Waals surface area contributed by atoms with Crippen LogP contribution < -0.4 is 5.32 Å². The molecule has 2 heterocycles. The Morgan fingerprint density at radius 2 is 1.70 bits per heavy atom. The van der Waals surface area contributed by atoms with Crippen molar-refractivity contribution in [3.8, 4) is 11.1 Å². The van der Waals surface area contributed by atoms with E-state index in [-0.39, 0.29) is 42.3 Å². The zero-order chi connectivity index (χ0) is 22.9. The summed E-state index contributed by atoms with van der Waals surface area (Å²) in [5, 5.41) is 15.0. The van der Waals surface area contributed by atoms with Crippen molar-refractivity contribution in [1.82, 2.24) is 10.1 Å². The van der Waals surface area contributed by atoms with E-state index in [9.17, 15) is 14.4 Å². The monoisotopic (exact) mass is 447 g/mol. The summed E-state index contributed by atoms with van der Waals surface area (Å²) in [6.07, 6.45) is -0.686. The van der Waals surface area contributed by atoms with Crippen molar-refractivity contribution in [1.29, 1.82) is 0 Å². The molecule has 1 fully saturated rings. The van der Waals surface area contributed by atoms with Crippen LogP contribution in [-0.2, 0) is 9.53 Å². The minimum Gasteiger partial charge on any atom is -0.481 e. The largest absolute Gasteiger partial charge is 0.481 e. The molecule has 9 heteroatoms. The van der Waals surface area contributed by atoms with E-state index in [0.29, 0.717) is 13.1 Å². The molecule has 1 saturated heterocycles. The van der Waals surface area contributed by atoms with Crippen LogP contribution in [0.1, 0.15) is 34.0 Å². The summed E-state index contributed by atoms with van der Waals surface area (Å²) in [5.74, 6) is -1.39. The molecule has 9 nitrogen and oxygen atoms in total. The van der Waals surface area contributed by atoms with Gasteiger partial charge in [0.1, 0.15) is 6.61 Å². The van der Waals surface area contributed by atoms with Crippen LogP contribution in [0.3, 0.4) is 0 Å². The van der Waals surface area contributed by atoms with Crippen molar-refractivity contribution in [2.75, 3.05) is 25.0 Å². The first-order chi connectivity index (χ1) is 16.0. The van der Waals surface area contributed by atoms with Gasteiger partial charge in [0.2, 0.25) is 5.88 Å². The molecular weight excluding hydrogens is 426 g/mol. The van der Waals surface area contributed by atoms with Crippen LogP contribution in [-0.4, -0.2) is 52.8 Å². The van der Waals surface area contributed by atoms with Crippen molar-refractivity contribution in [2.24, 2.45) is 5.92 Å². The molecule has 1 aliphatic heterocycles. The molecule has 2 amide bonds. The number of anilines is 1. The first-order valence-electron chi connectivity index (χ1n) is 10.6. The quantitative estimate of drug-likeness (QED) is 0.592. The minimum absolute atomic E-state index is 0.00168. The Morgan fingerprint density at radius 1 is 1.06 bits per heavy atom. The number of nitrogens with zero attached hydrogens (tertiary/aromatic N) is 2. The maximum atomic E-state index is 12.4. The number of nitrogens with one attached hydrogen (secondary N) is 1. The second kappa shape index (κ2) is 8.42. The lowest BCUT2D eigenvalue weighted by Crippen LogP contribution is -2.50. The van der Waals surface area contributed by atoms with Gasteiger partial charge in [-0.1, -0.05) is 53.7 Å².